The Bertz CT molecular complexity index is 557. The summed E-state index contributed by atoms with van der Waals surface area (Å²) in [6.45, 7) is 4.08. The molecule has 19 heavy (non-hydrogen) atoms. The molecule has 0 amide bonds. The summed E-state index contributed by atoms with van der Waals surface area (Å²) in [4.78, 5) is 2.40. The molecule has 4 heteroatoms. The van der Waals surface area contributed by atoms with Crippen molar-refractivity contribution in [2.24, 2.45) is 0 Å². The summed E-state index contributed by atoms with van der Waals surface area (Å²) in [5, 5.41) is 3.15. The number of rotatable bonds is 4. The van der Waals surface area contributed by atoms with Gasteiger partial charge in [0.1, 0.15) is 11.6 Å². The highest BCUT2D eigenvalue weighted by Gasteiger charge is 2.18. The third kappa shape index (κ3) is 3.01. The van der Waals surface area contributed by atoms with Crippen molar-refractivity contribution in [2.75, 3.05) is 7.05 Å². The molecule has 0 saturated heterocycles. The molecule has 0 radical (unpaired) electrons. The Morgan fingerprint density at radius 2 is 1.84 bits per heavy atom. The van der Waals surface area contributed by atoms with Gasteiger partial charge < -0.3 is 5.32 Å². The van der Waals surface area contributed by atoms with Gasteiger partial charge in [-0.2, -0.15) is 0 Å². The summed E-state index contributed by atoms with van der Waals surface area (Å²) in [6, 6.07) is 6.01. The highest BCUT2D eigenvalue weighted by molar-refractivity contribution is 7.12. The number of hydrogen-bond acceptors (Lipinski definition) is 2. The van der Waals surface area contributed by atoms with E-state index in [1.807, 2.05) is 20.9 Å². The Hall–Kier alpha value is -1.26. The van der Waals surface area contributed by atoms with Crippen molar-refractivity contribution < 1.29 is 8.78 Å². The van der Waals surface area contributed by atoms with Crippen LogP contribution >= 0.6 is 11.3 Å². The molecule has 1 unspecified atom stereocenters. The third-order valence-electron chi connectivity index (χ3n) is 3.27. The summed E-state index contributed by atoms with van der Waals surface area (Å²) >= 11 is 1.70. The van der Waals surface area contributed by atoms with Gasteiger partial charge in [-0.15, -0.1) is 11.3 Å². The monoisotopic (exact) mass is 281 g/mol. The largest absolute Gasteiger partial charge is 0.313 e. The Morgan fingerprint density at radius 1 is 1.21 bits per heavy atom. The second-order valence-corrected chi connectivity index (χ2v) is 6.07. The molecule has 1 atom stereocenters. The number of aryl methyl sites for hydroxylation is 2. The van der Waals surface area contributed by atoms with E-state index in [0.29, 0.717) is 6.42 Å². The Balaban J connectivity index is 2.32. The molecule has 0 saturated carbocycles. The van der Waals surface area contributed by atoms with E-state index in [-0.39, 0.29) is 11.6 Å². The summed E-state index contributed by atoms with van der Waals surface area (Å²) in [5.74, 6) is -0.963. The van der Waals surface area contributed by atoms with Crippen LogP contribution in [0.25, 0.3) is 0 Å². The SMILES string of the molecule is CNC(Cc1c(F)cccc1F)c1cc(C)sc1C. The van der Waals surface area contributed by atoms with E-state index in [1.54, 1.807) is 11.3 Å². The third-order valence-corrected chi connectivity index (χ3v) is 4.25. The lowest BCUT2D eigenvalue weighted by molar-refractivity contribution is 0.515. The summed E-state index contributed by atoms with van der Waals surface area (Å²) < 4.78 is 27.4. The van der Waals surface area contributed by atoms with E-state index < -0.39 is 11.6 Å². The van der Waals surface area contributed by atoms with Gasteiger partial charge in [0.15, 0.2) is 0 Å². The van der Waals surface area contributed by atoms with Crippen molar-refractivity contribution in [1.29, 1.82) is 0 Å². The predicted molar refractivity (Wildman–Crippen MR) is 75.7 cm³/mol. The summed E-state index contributed by atoms with van der Waals surface area (Å²) in [6.07, 6.45) is 0.312. The quantitative estimate of drug-likeness (QED) is 0.888. The fourth-order valence-corrected chi connectivity index (χ4v) is 3.28. The Labute approximate surface area is 116 Å². The molecule has 0 aliphatic heterocycles. The lowest BCUT2D eigenvalue weighted by atomic mass is 9.98. The molecule has 2 rings (SSSR count). The Morgan fingerprint density at radius 3 is 2.32 bits per heavy atom. The van der Waals surface area contributed by atoms with E-state index in [0.717, 1.165) is 5.56 Å². The highest BCUT2D eigenvalue weighted by atomic mass is 32.1. The first-order chi connectivity index (χ1) is 9.02. The lowest BCUT2D eigenvalue weighted by Crippen LogP contribution is -2.20. The average Bonchev–Trinajstić information content (AvgIpc) is 2.68. The molecule has 1 aromatic heterocycles. The molecule has 0 fully saturated rings. The van der Waals surface area contributed by atoms with Crippen molar-refractivity contribution >= 4 is 11.3 Å². The summed E-state index contributed by atoms with van der Waals surface area (Å²) in [5.41, 5.74) is 1.26. The molecule has 0 aliphatic carbocycles. The van der Waals surface area contributed by atoms with Crippen LogP contribution < -0.4 is 5.32 Å². The van der Waals surface area contributed by atoms with E-state index in [2.05, 4.69) is 11.4 Å². The van der Waals surface area contributed by atoms with Crippen LogP contribution in [0.4, 0.5) is 8.78 Å². The molecule has 0 spiro atoms. The minimum atomic E-state index is -0.482. The van der Waals surface area contributed by atoms with Gasteiger partial charge in [-0.05, 0) is 51.1 Å². The average molecular weight is 281 g/mol. The maximum Gasteiger partial charge on any atom is 0.129 e. The Kier molecular flexibility index (Phi) is 4.32. The van der Waals surface area contributed by atoms with Crippen molar-refractivity contribution in [3.05, 3.63) is 56.8 Å². The molecule has 1 aromatic carbocycles. The zero-order chi connectivity index (χ0) is 14.0. The van der Waals surface area contributed by atoms with Gasteiger partial charge in [0.2, 0.25) is 0 Å². The van der Waals surface area contributed by atoms with Crippen LogP contribution in [-0.4, -0.2) is 7.05 Å². The molecule has 1 nitrogen and oxygen atoms in total. The number of likely N-dealkylation sites (N-methyl/N-ethyl adjacent to an activating group) is 1. The first kappa shape index (κ1) is 14.2. The maximum atomic E-state index is 13.7. The zero-order valence-corrected chi connectivity index (χ0v) is 12.1. The fourth-order valence-electron chi connectivity index (χ4n) is 2.30. The van der Waals surface area contributed by atoms with Gasteiger partial charge in [-0.3, -0.25) is 0 Å². The van der Waals surface area contributed by atoms with Crippen LogP contribution in [0.5, 0.6) is 0 Å². The smallest absolute Gasteiger partial charge is 0.129 e. The molecular weight excluding hydrogens is 264 g/mol. The first-order valence-corrected chi connectivity index (χ1v) is 7.01. The minimum Gasteiger partial charge on any atom is -0.313 e. The normalized spacial score (nSPS) is 12.7. The van der Waals surface area contributed by atoms with Gasteiger partial charge in [-0.1, -0.05) is 6.07 Å². The summed E-state index contributed by atoms with van der Waals surface area (Å²) in [7, 11) is 1.82. The van der Waals surface area contributed by atoms with Crippen LogP contribution in [0.2, 0.25) is 0 Å². The number of halogens is 2. The van der Waals surface area contributed by atoms with Crippen LogP contribution in [0.1, 0.15) is 26.9 Å². The molecular formula is C15H17F2NS. The van der Waals surface area contributed by atoms with Crippen molar-refractivity contribution in [3.8, 4) is 0 Å². The molecule has 1 heterocycles. The molecule has 0 bridgehead atoms. The minimum absolute atomic E-state index is 0.0728. The number of thiophene rings is 1. The predicted octanol–water partition coefficient (Wildman–Crippen LogP) is 4.15. The molecule has 0 aliphatic rings. The van der Waals surface area contributed by atoms with Crippen molar-refractivity contribution in [3.63, 3.8) is 0 Å². The molecule has 1 N–H and O–H groups in total. The van der Waals surface area contributed by atoms with Crippen LogP contribution in [0.15, 0.2) is 24.3 Å². The zero-order valence-electron chi connectivity index (χ0n) is 11.3. The molecule has 102 valence electrons. The van der Waals surface area contributed by atoms with E-state index in [9.17, 15) is 8.78 Å². The van der Waals surface area contributed by atoms with Gasteiger partial charge in [0.25, 0.3) is 0 Å². The second-order valence-electron chi connectivity index (χ2n) is 4.61. The second kappa shape index (κ2) is 5.80. The van der Waals surface area contributed by atoms with Crippen LogP contribution in [0.3, 0.4) is 0 Å². The first-order valence-electron chi connectivity index (χ1n) is 6.20. The van der Waals surface area contributed by atoms with Crippen molar-refractivity contribution in [2.45, 2.75) is 26.3 Å². The van der Waals surface area contributed by atoms with Crippen LogP contribution in [0, 0.1) is 25.5 Å². The molecule has 2 aromatic rings. The van der Waals surface area contributed by atoms with Crippen LogP contribution in [-0.2, 0) is 6.42 Å². The van der Waals surface area contributed by atoms with E-state index >= 15 is 0 Å². The van der Waals surface area contributed by atoms with Crippen molar-refractivity contribution in [1.82, 2.24) is 5.32 Å². The topological polar surface area (TPSA) is 12.0 Å². The standard InChI is InChI=1S/C15H17F2NS/c1-9-7-11(10(2)19-9)15(18-3)8-12-13(16)5-4-6-14(12)17/h4-7,15,18H,8H2,1-3H3. The number of nitrogens with one attached hydrogen (secondary N) is 1. The van der Waals surface area contributed by atoms with E-state index in [1.165, 1.54) is 28.0 Å². The lowest BCUT2D eigenvalue weighted by Gasteiger charge is -2.17. The van der Waals surface area contributed by atoms with Gasteiger partial charge >= 0.3 is 0 Å². The van der Waals surface area contributed by atoms with Gasteiger partial charge in [0, 0.05) is 21.4 Å². The van der Waals surface area contributed by atoms with E-state index in [4.69, 9.17) is 0 Å². The highest BCUT2D eigenvalue weighted by Crippen LogP contribution is 2.29. The van der Waals surface area contributed by atoms with Gasteiger partial charge in [-0.25, -0.2) is 8.78 Å². The number of hydrogen-bond donors (Lipinski definition) is 1. The maximum absolute atomic E-state index is 13.7. The number of benzene rings is 1. The fraction of sp³-hybridized carbons (Fsp3) is 0.333. The van der Waals surface area contributed by atoms with Gasteiger partial charge in [0.05, 0.1) is 0 Å².